The zero-order chi connectivity index (χ0) is 13.9. The van der Waals surface area contributed by atoms with Crippen LogP contribution in [-0.2, 0) is 4.79 Å². The van der Waals surface area contributed by atoms with Crippen LogP contribution < -0.4 is 10.6 Å². The Kier molecular flexibility index (Phi) is 3.65. The number of pyridine rings is 1. The number of nitrogens with one attached hydrogen (secondary N) is 2. The number of carbonyl (C=O) groups excluding carboxylic acids is 1. The highest BCUT2D eigenvalue weighted by Gasteiger charge is 2.20. The monoisotopic (exact) mass is 269 g/mol. The fourth-order valence-electron chi connectivity index (χ4n) is 2.31. The maximum atomic E-state index is 12.0. The van der Waals surface area contributed by atoms with E-state index in [9.17, 15) is 4.79 Å². The molecule has 4 heteroatoms. The second-order valence-corrected chi connectivity index (χ2v) is 5.36. The summed E-state index contributed by atoms with van der Waals surface area (Å²) in [6.45, 7) is 2.78. The lowest BCUT2D eigenvalue weighted by Gasteiger charge is -2.10. The van der Waals surface area contributed by atoms with E-state index in [1.54, 1.807) is 6.20 Å². The fraction of sp³-hybridized carbons (Fsp3) is 0.375. The zero-order valence-electron chi connectivity index (χ0n) is 11.6. The topological polar surface area (TPSA) is 54.0 Å². The SMILES string of the molecule is Cc1ccc(NC(=O)CCNC2CC2)c2cccnc12. The number of nitrogens with zero attached hydrogens (tertiary/aromatic N) is 1. The molecule has 0 aliphatic heterocycles. The molecule has 1 heterocycles. The van der Waals surface area contributed by atoms with E-state index in [4.69, 9.17) is 0 Å². The standard InChI is InChI=1S/C16H19N3O/c1-11-4-7-14(13-3-2-9-18-16(11)13)19-15(20)8-10-17-12-5-6-12/h2-4,7,9,12,17H,5-6,8,10H2,1H3,(H,19,20). The first kappa shape index (κ1) is 13.1. The molecule has 0 bridgehead atoms. The van der Waals surface area contributed by atoms with Crippen molar-refractivity contribution in [1.29, 1.82) is 0 Å². The van der Waals surface area contributed by atoms with Crippen molar-refractivity contribution in [1.82, 2.24) is 10.3 Å². The van der Waals surface area contributed by atoms with Crippen molar-refractivity contribution in [2.75, 3.05) is 11.9 Å². The molecular weight excluding hydrogens is 250 g/mol. The Morgan fingerprint density at radius 3 is 3.00 bits per heavy atom. The van der Waals surface area contributed by atoms with Gasteiger partial charge in [-0.1, -0.05) is 6.07 Å². The van der Waals surface area contributed by atoms with Crippen LogP contribution in [0.4, 0.5) is 5.69 Å². The number of anilines is 1. The second kappa shape index (κ2) is 5.59. The third-order valence-corrected chi connectivity index (χ3v) is 3.61. The van der Waals surface area contributed by atoms with Crippen LogP contribution in [0.15, 0.2) is 30.5 Å². The third kappa shape index (κ3) is 2.96. The molecule has 1 aromatic heterocycles. The van der Waals surface area contributed by atoms with E-state index in [0.717, 1.165) is 28.7 Å². The first-order chi connectivity index (χ1) is 9.74. The van der Waals surface area contributed by atoms with E-state index in [1.807, 2.05) is 31.2 Å². The highest BCUT2D eigenvalue weighted by molar-refractivity contribution is 6.01. The first-order valence-electron chi connectivity index (χ1n) is 7.11. The average molecular weight is 269 g/mol. The minimum Gasteiger partial charge on any atom is -0.325 e. The van der Waals surface area contributed by atoms with Crippen molar-refractivity contribution in [3.05, 3.63) is 36.0 Å². The minimum atomic E-state index is 0.0483. The molecule has 1 aromatic carbocycles. The molecule has 0 atom stereocenters. The quantitative estimate of drug-likeness (QED) is 0.877. The fourth-order valence-corrected chi connectivity index (χ4v) is 2.31. The van der Waals surface area contributed by atoms with Crippen LogP contribution in [0.5, 0.6) is 0 Å². The van der Waals surface area contributed by atoms with Crippen LogP contribution in [0.25, 0.3) is 10.9 Å². The van der Waals surface area contributed by atoms with Gasteiger partial charge in [-0.25, -0.2) is 0 Å². The molecule has 2 aromatic rings. The van der Waals surface area contributed by atoms with Gasteiger partial charge in [0.1, 0.15) is 0 Å². The highest BCUT2D eigenvalue weighted by atomic mass is 16.1. The van der Waals surface area contributed by atoms with Gasteiger partial charge in [0, 0.05) is 30.6 Å². The molecule has 0 radical (unpaired) electrons. The summed E-state index contributed by atoms with van der Waals surface area (Å²) >= 11 is 0. The van der Waals surface area contributed by atoms with Crippen LogP contribution in [0.2, 0.25) is 0 Å². The molecule has 104 valence electrons. The van der Waals surface area contributed by atoms with Crippen molar-refractivity contribution in [2.24, 2.45) is 0 Å². The van der Waals surface area contributed by atoms with Gasteiger partial charge in [0.05, 0.1) is 11.2 Å². The Balaban J connectivity index is 1.70. The van der Waals surface area contributed by atoms with Gasteiger partial charge in [0.2, 0.25) is 5.91 Å². The molecule has 1 aliphatic rings. The van der Waals surface area contributed by atoms with Gasteiger partial charge < -0.3 is 10.6 Å². The summed E-state index contributed by atoms with van der Waals surface area (Å²) in [7, 11) is 0. The van der Waals surface area contributed by atoms with Crippen molar-refractivity contribution >= 4 is 22.5 Å². The maximum Gasteiger partial charge on any atom is 0.225 e. The Morgan fingerprint density at radius 1 is 1.35 bits per heavy atom. The summed E-state index contributed by atoms with van der Waals surface area (Å²) in [5, 5.41) is 7.33. The molecule has 2 N–H and O–H groups in total. The molecule has 1 fully saturated rings. The molecule has 1 saturated carbocycles. The van der Waals surface area contributed by atoms with Gasteiger partial charge in [-0.2, -0.15) is 0 Å². The van der Waals surface area contributed by atoms with Gasteiger partial charge in [0.15, 0.2) is 0 Å². The molecule has 1 aliphatic carbocycles. The van der Waals surface area contributed by atoms with Gasteiger partial charge >= 0.3 is 0 Å². The summed E-state index contributed by atoms with van der Waals surface area (Å²) < 4.78 is 0. The van der Waals surface area contributed by atoms with E-state index >= 15 is 0 Å². The lowest BCUT2D eigenvalue weighted by Crippen LogP contribution is -2.23. The Morgan fingerprint density at radius 2 is 2.20 bits per heavy atom. The number of benzene rings is 1. The lowest BCUT2D eigenvalue weighted by molar-refractivity contribution is -0.116. The molecule has 0 spiro atoms. The number of hydrogen-bond donors (Lipinski definition) is 2. The van der Waals surface area contributed by atoms with Crippen molar-refractivity contribution < 1.29 is 4.79 Å². The van der Waals surface area contributed by atoms with E-state index in [-0.39, 0.29) is 5.91 Å². The van der Waals surface area contributed by atoms with Crippen molar-refractivity contribution in [3.63, 3.8) is 0 Å². The number of rotatable bonds is 5. The predicted octanol–water partition coefficient (Wildman–Crippen LogP) is 2.62. The maximum absolute atomic E-state index is 12.0. The van der Waals surface area contributed by atoms with Crippen LogP contribution in [0, 0.1) is 6.92 Å². The van der Waals surface area contributed by atoms with Gasteiger partial charge in [-0.3, -0.25) is 9.78 Å². The largest absolute Gasteiger partial charge is 0.325 e. The summed E-state index contributed by atoms with van der Waals surface area (Å²) in [6, 6.07) is 8.48. The molecule has 4 nitrogen and oxygen atoms in total. The van der Waals surface area contributed by atoms with Crippen molar-refractivity contribution in [3.8, 4) is 0 Å². The number of fused-ring (bicyclic) bond motifs is 1. The molecule has 3 rings (SSSR count). The number of amides is 1. The van der Waals surface area contributed by atoms with Crippen molar-refractivity contribution in [2.45, 2.75) is 32.2 Å². The normalized spacial score (nSPS) is 14.4. The van der Waals surface area contributed by atoms with E-state index < -0.39 is 0 Å². The molecule has 0 unspecified atom stereocenters. The van der Waals surface area contributed by atoms with Gasteiger partial charge in [-0.15, -0.1) is 0 Å². The molecule has 1 amide bonds. The van der Waals surface area contributed by atoms with E-state index in [1.165, 1.54) is 12.8 Å². The van der Waals surface area contributed by atoms with Crippen LogP contribution >= 0.6 is 0 Å². The highest BCUT2D eigenvalue weighted by Crippen LogP contribution is 2.24. The van der Waals surface area contributed by atoms with Crippen LogP contribution in [0.1, 0.15) is 24.8 Å². The van der Waals surface area contributed by atoms with E-state index in [2.05, 4.69) is 15.6 Å². The Bertz CT molecular complexity index is 635. The first-order valence-corrected chi connectivity index (χ1v) is 7.11. The second-order valence-electron chi connectivity index (χ2n) is 5.36. The van der Waals surface area contributed by atoms with Gasteiger partial charge in [-0.05, 0) is 43.5 Å². The van der Waals surface area contributed by atoms with Crippen LogP contribution in [-0.4, -0.2) is 23.5 Å². The van der Waals surface area contributed by atoms with Gasteiger partial charge in [0.25, 0.3) is 0 Å². The minimum absolute atomic E-state index is 0.0483. The molecule has 0 saturated heterocycles. The Labute approximate surface area is 118 Å². The van der Waals surface area contributed by atoms with E-state index in [0.29, 0.717) is 12.5 Å². The summed E-state index contributed by atoms with van der Waals surface area (Å²) in [5.41, 5.74) is 2.91. The number of hydrogen-bond acceptors (Lipinski definition) is 3. The predicted molar refractivity (Wildman–Crippen MR) is 80.8 cm³/mol. The number of aromatic nitrogens is 1. The summed E-state index contributed by atoms with van der Waals surface area (Å²) in [4.78, 5) is 16.4. The summed E-state index contributed by atoms with van der Waals surface area (Å²) in [6.07, 6.45) is 4.78. The zero-order valence-corrected chi connectivity index (χ0v) is 11.6. The van der Waals surface area contributed by atoms with Crippen LogP contribution in [0.3, 0.4) is 0 Å². The molecule has 20 heavy (non-hydrogen) atoms. The summed E-state index contributed by atoms with van der Waals surface area (Å²) in [5.74, 6) is 0.0483. The third-order valence-electron chi connectivity index (χ3n) is 3.61. The smallest absolute Gasteiger partial charge is 0.225 e. The Hall–Kier alpha value is -1.94. The number of aryl methyl sites for hydroxylation is 1. The lowest BCUT2D eigenvalue weighted by atomic mass is 10.1. The average Bonchev–Trinajstić information content (AvgIpc) is 3.27. The number of carbonyl (C=O) groups is 1. The molecular formula is C16H19N3O.